The van der Waals surface area contributed by atoms with Gasteiger partial charge in [-0.3, -0.25) is 0 Å². The van der Waals surface area contributed by atoms with Crippen molar-refractivity contribution < 1.29 is 0 Å². The van der Waals surface area contributed by atoms with Gasteiger partial charge in [0.2, 0.25) is 0 Å². The van der Waals surface area contributed by atoms with Crippen molar-refractivity contribution in [1.29, 1.82) is 0 Å². The zero-order valence-electron chi connectivity index (χ0n) is 11.4. The topological polar surface area (TPSA) is 15.3 Å². The Bertz CT molecular complexity index is 402. The molecule has 1 N–H and O–H groups in total. The SMILES string of the molecule is CCC1CNCC1N1CCCCc2ccccc21. The van der Waals surface area contributed by atoms with Crippen molar-refractivity contribution in [2.75, 3.05) is 24.5 Å². The van der Waals surface area contributed by atoms with Gasteiger partial charge in [0.15, 0.2) is 0 Å². The molecule has 98 valence electrons. The van der Waals surface area contributed by atoms with Crippen LogP contribution in [0.1, 0.15) is 31.7 Å². The number of aryl methyl sites for hydroxylation is 1. The summed E-state index contributed by atoms with van der Waals surface area (Å²) >= 11 is 0. The van der Waals surface area contributed by atoms with Crippen molar-refractivity contribution >= 4 is 5.69 Å². The summed E-state index contributed by atoms with van der Waals surface area (Å²) in [5.41, 5.74) is 3.05. The average molecular weight is 244 g/mol. The summed E-state index contributed by atoms with van der Waals surface area (Å²) in [6.45, 7) is 5.92. The monoisotopic (exact) mass is 244 g/mol. The highest BCUT2D eigenvalue weighted by Crippen LogP contribution is 2.31. The molecule has 1 aromatic carbocycles. The molecular weight excluding hydrogens is 220 g/mol. The molecule has 18 heavy (non-hydrogen) atoms. The lowest BCUT2D eigenvalue weighted by Gasteiger charge is -2.34. The molecule has 2 heteroatoms. The molecule has 0 bridgehead atoms. The van der Waals surface area contributed by atoms with Gasteiger partial charge in [-0.1, -0.05) is 31.5 Å². The largest absolute Gasteiger partial charge is 0.367 e. The highest BCUT2D eigenvalue weighted by Gasteiger charge is 2.32. The van der Waals surface area contributed by atoms with E-state index in [0.29, 0.717) is 6.04 Å². The summed E-state index contributed by atoms with van der Waals surface area (Å²) in [7, 11) is 0. The van der Waals surface area contributed by atoms with Crippen LogP contribution < -0.4 is 10.2 Å². The normalized spacial score (nSPS) is 27.9. The third-order valence-corrected chi connectivity index (χ3v) is 4.63. The number of nitrogens with zero attached hydrogens (tertiary/aromatic N) is 1. The van der Waals surface area contributed by atoms with Gasteiger partial charge in [0.25, 0.3) is 0 Å². The molecule has 2 atom stereocenters. The van der Waals surface area contributed by atoms with Crippen molar-refractivity contribution in [3.8, 4) is 0 Å². The van der Waals surface area contributed by atoms with E-state index >= 15 is 0 Å². The van der Waals surface area contributed by atoms with E-state index in [-0.39, 0.29) is 0 Å². The number of rotatable bonds is 2. The minimum absolute atomic E-state index is 0.703. The van der Waals surface area contributed by atoms with Crippen LogP contribution in [0.2, 0.25) is 0 Å². The molecule has 0 aliphatic carbocycles. The molecule has 2 unspecified atom stereocenters. The molecule has 0 radical (unpaired) electrons. The van der Waals surface area contributed by atoms with Crippen LogP contribution >= 0.6 is 0 Å². The Labute approximate surface area is 110 Å². The van der Waals surface area contributed by atoms with Crippen LogP contribution in [0.25, 0.3) is 0 Å². The highest BCUT2D eigenvalue weighted by atomic mass is 15.2. The maximum absolute atomic E-state index is 3.58. The quantitative estimate of drug-likeness (QED) is 0.860. The fraction of sp³-hybridized carbons (Fsp3) is 0.625. The second kappa shape index (κ2) is 5.31. The molecule has 3 rings (SSSR count). The van der Waals surface area contributed by atoms with Gasteiger partial charge in [-0.05, 0) is 36.8 Å². The van der Waals surface area contributed by atoms with Gasteiger partial charge >= 0.3 is 0 Å². The lowest BCUT2D eigenvalue weighted by molar-refractivity contribution is 0.463. The minimum Gasteiger partial charge on any atom is -0.367 e. The molecule has 0 saturated carbocycles. The molecule has 0 aromatic heterocycles. The van der Waals surface area contributed by atoms with Crippen molar-refractivity contribution in [3.05, 3.63) is 29.8 Å². The smallest absolute Gasteiger partial charge is 0.0454 e. The van der Waals surface area contributed by atoms with E-state index in [1.54, 1.807) is 5.56 Å². The predicted octanol–water partition coefficient (Wildman–Crippen LogP) is 2.83. The van der Waals surface area contributed by atoms with Crippen LogP contribution in [0.5, 0.6) is 0 Å². The first-order valence-electron chi connectivity index (χ1n) is 7.45. The predicted molar refractivity (Wildman–Crippen MR) is 77.2 cm³/mol. The molecule has 1 aromatic rings. The summed E-state index contributed by atoms with van der Waals surface area (Å²) in [5.74, 6) is 0.816. The molecule has 0 spiro atoms. The Balaban J connectivity index is 1.91. The second-order valence-electron chi connectivity index (χ2n) is 5.67. The first-order chi connectivity index (χ1) is 8.90. The van der Waals surface area contributed by atoms with E-state index in [2.05, 4.69) is 41.4 Å². The van der Waals surface area contributed by atoms with Gasteiger partial charge < -0.3 is 10.2 Å². The molecule has 0 amide bonds. The van der Waals surface area contributed by atoms with E-state index in [0.717, 1.165) is 12.5 Å². The number of benzene rings is 1. The second-order valence-corrected chi connectivity index (χ2v) is 5.67. The van der Waals surface area contributed by atoms with Crippen LogP contribution in [0.15, 0.2) is 24.3 Å². The number of nitrogens with one attached hydrogen (secondary N) is 1. The Hall–Kier alpha value is -1.02. The van der Waals surface area contributed by atoms with Gasteiger partial charge in [0.05, 0.1) is 0 Å². The molecule has 1 fully saturated rings. The lowest BCUT2D eigenvalue weighted by Crippen LogP contribution is -2.41. The summed E-state index contributed by atoms with van der Waals surface area (Å²) < 4.78 is 0. The van der Waals surface area contributed by atoms with Crippen molar-refractivity contribution in [2.45, 2.75) is 38.6 Å². The Morgan fingerprint density at radius 2 is 2.11 bits per heavy atom. The van der Waals surface area contributed by atoms with Gasteiger partial charge in [-0.15, -0.1) is 0 Å². The van der Waals surface area contributed by atoms with E-state index in [9.17, 15) is 0 Å². The summed E-state index contributed by atoms with van der Waals surface area (Å²) in [6, 6.07) is 9.73. The minimum atomic E-state index is 0.703. The van der Waals surface area contributed by atoms with Crippen LogP contribution in [-0.4, -0.2) is 25.7 Å². The number of hydrogen-bond acceptors (Lipinski definition) is 2. The standard InChI is InChI=1S/C16H24N2/c1-2-13-11-17-12-16(13)18-10-6-5-8-14-7-3-4-9-15(14)18/h3-4,7,9,13,16-17H,2,5-6,8,10-12H2,1H3. The molecular formula is C16H24N2. The fourth-order valence-electron chi connectivity index (χ4n) is 3.57. The number of hydrogen-bond donors (Lipinski definition) is 1. The number of anilines is 1. The van der Waals surface area contributed by atoms with Gasteiger partial charge in [-0.2, -0.15) is 0 Å². The van der Waals surface area contributed by atoms with Crippen LogP contribution in [-0.2, 0) is 6.42 Å². The average Bonchev–Trinajstić information content (AvgIpc) is 2.78. The van der Waals surface area contributed by atoms with Crippen molar-refractivity contribution in [1.82, 2.24) is 5.32 Å². The van der Waals surface area contributed by atoms with E-state index in [1.165, 1.54) is 44.5 Å². The third-order valence-electron chi connectivity index (χ3n) is 4.63. The third kappa shape index (κ3) is 2.14. The van der Waals surface area contributed by atoms with Crippen LogP contribution in [0.4, 0.5) is 5.69 Å². The summed E-state index contributed by atoms with van der Waals surface area (Å²) in [4.78, 5) is 2.69. The zero-order valence-corrected chi connectivity index (χ0v) is 11.4. The molecule has 1 saturated heterocycles. The lowest BCUT2D eigenvalue weighted by atomic mass is 9.98. The Kier molecular flexibility index (Phi) is 3.55. The van der Waals surface area contributed by atoms with Gasteiger partial charge in [-0.25, -0.2) is 0 Å². The van der Waals surface area contributed by atoms with Crippen molar-refractivity contribution in [2.24, 2.45) is 5.92 Å². The summed E-state index contributed by atoms with van der Waals surface area (Å²) in [5, 5.41) is 3.58. The first-order valence-corrected chi connectivity index (χ1v) is 7.45. The van der Waals surface area contributed by atoms with Crippen molar-refractivity contribution in [3.63, 3.8) is 0 Å². The molecule has 2 heterocycles. The fourth-order valence-corrected chi connectivity index (χ4v) is 3.57. The van der Waals surface area contributed by atoms with Gasteiger partial charge in [0.1, 0.15) is 0 Å². The Morgan fingerprint density at radius 1 is 1.22 bits per heavy atom. The maximum Gasteiger partial charge on any atom is 0.0454 e. The highest BCUT2D eigenvalue weighted by molar-refractivity contribution is 5.55. The van der Waals surface area contributed by atoms with Crippen LogP contribution in [0.3, 0.4) is 0 Å². The number of fused-ring (bicyclic) bond motifs is 1. The Morgan fingerprint density at radius 3 is 3.00 bits per heavy atom. The molecule has 2 aliphatic heterocycles. The van der Waals surface area contributed by atoms with E-state index in [4.69, 9.17) is 0 Å². The zero-order chi connectivity index (χ0) is 12.4. The van der Waals surface area contributed by atoms with E-state index < -0.39 is 0 Å². The summed E-state index contributed by atoms with van der Waals surface area (Å²) in [6.07, 6.45) is 5.21. The maximum atomic E-state index is 3.58. The number of para-hydroxylation sites is 1. The molecule has 2 nitrogen and oxygen atoms in total. The van der Waals surface area contributed by atoms with Gasteiger partial charge in [0, 0.05) is 31.4 Å². The molecule has 2 aliphatic rings. The van der Waals surface area contributed by atoms with Crippen LogP contribution in [0, 0.1) is 5.92 Å². The van der Waals surface area contributed by atoms with E-state index in [1.807, 2.05) is 0 Å². The first kappa shape index (κ1) is 12.0.